The third kappa shape index (κ3) is 11.9. The van der Waals surface area contributed by atoms with E-state index in [0.717, 1.165) is 60.8 Å². The summed E-state index contributed by atoms with van der Waals surface area (Å²) in [7, 11) is 6.90. The van der Waals surface area contributed by atoms with Crippen LogP contribution in [0.1, 0.15) is 61.9 Å². The summed E-state index contributed by atoms with van der Waals surface area (Å²) in [4.78, 5) is 23.3. The van der Waals surface area contributed by atoms with Crippen LogP contribution in [0.5, 0.6) is 11.5 Å². The van der Waals surface area contributed by atoms with Crippen LogP contribution in [0.3, 0.4) is 0 Å². The zero-order valence-electron chi connectivity index (χ0n) is 29.3. The summed E-state index contributed by atoms with van der Waals surface area (Å²) in [5.74, 6) is 2.69. The third-order valence-corrected chi connectivity index (χ3v) is 8.07. The minimum absolute atomic E-state index is 0. The van der Waals surface area contributed by atoms with E-state index in [1.165, 1.54) is 16.0 Å². The molecule has 4 aromatic rings. The Morgan fingerprint density at radius 3 is 1.69 bits per heavy atom. The fourth-order valence-corrected chi connectivity index (χ4v) is 5.23. The van der Waals surface area contributed by atoms with Crippen molar-refractivity contribution in [1.82, 2.24) is 0 Å². The molecular formula is C41H44BBrN4O5. The number of anilines is 2. The van der Waals surface area contributed by atoms with Crippen LogP contribution in [0, 0.1) is 13.8 Å². The lowest BCUT2D eigenvalue weighted by molar-refractivity contribution is -0.117. The molecule has 52 heavy (non-hydrogen) atoms. The molecule has 0 saturated heterocycles. The van der Waals surface area contributed by atoms with Gasteiger partial charge in [0.05, 0.1) is 24.2 Å². The predicted molar refractivity (Wildman–Crippen MR) is 218 cm³/mol. The van der Waals surface area contributed by atoms with E-state index in [-0.39, 0.29) is 26.0 Å². The number of phenols is 1. The fraction of sp³-hybridized carbons (Fsp3) is 0.220. The Hall–Kier alpha value is -5.26. The minimum atomic E-state index is 0. The number of amides is 2. The highest BCUT2D eigenvalue weighted by Crippen LogP contribution is 2.24. The van der Waals surface area contributed by atoms with E-state index in [9.17, 15) is 14.7 Å². The molecular weight excluding hydrogens is 719 g/mol. The minimum Gasteiger partial charge on any atom is -0.508 e. The average molecular weight is 764 g/mol. The lowest BCUT2D eigenvalue weighted by Gasteiger charge is -2.11. The molecule has 0 aliphatic carbocycles. The molecule has 6 rings (SSSR count). The van der Waals surface area contributed by atoms with E-state index in [4.69, 9.17) is 17.3 Å². The monoisotopic (exact) mass is 762 g/mol. The SMILES string of the molecule is C.CC1=NN(c2ccc(/C=C/c3ccc(O)c(C)c3)cc2)C(=O)C1.CC1=NN(c2ccc(Br)cc2)C(=O)C1.[B]/C=C/c1ccc(OCOC)c(C)c1. The summed E-state index contributed by atoms with van der Waals surface area (Å²) in [6.45, 7) is 7.84. The molecule has 2 aliphatic heterocycles. The second kappa shape index (κ2) is 20.0. The number of aromatic hydroxyl groups is 1. The normalized spacial score (nSPS) is 13.7. The number of benzene rings is 4. The van der Waals surface area contributed by atoms with Crippen LogP contribution in [0.4, 0.5) is 11.4 Å². The number of rotatable bonds is 8. The number of ether oxygens (including phenoxy) is 2. The van der Waals surface area contributed by atoms with Crippen molar-refractivity contribution < 1.29 is 24.2 Å². The first kappa shape index (κ1) is 41.2. The van der Waals surface area contributed by atoms with Gasteiger partial charge in [0.15, 0.2) is 6.79 Å². The molecule has 11 heteroatoms. The van der Waals surface area contributed by atoms with Gasteiger partial charge in [0.2, 0.25) is 0 Å². The Balaban J connectivity index is 0.000000219. The molecule has 9 nitrogen and oxygen atoms in total. The van der Waals surface area contributed by atoms with Crippen molar-refractivity contribution in [3.8, 4) is 11.5 Å². The fourth-order valence-electron chi connectivity index (χ4n) is 4.97. The Bertz CT molecular complexity index is 1960. The molecule has 0 spiro atoms. The summed E-state index contributed by atoms with van der Waals surface area (Å²) < 4.78 is 11.2. The molecule has 268 valence electrons. The van der Waals surface area contributed by atoms with Crippen LogP contribution in [0.25, 0.3) is 18.2 Å². The zero-order chi connectivity index (χ0) is 36.9. The molecule has 0 atom stereocenters. The molecule has 0 unspecified atom stereocenters. The molecule has 1 N–H and O–H groups in total. The van der Waals surface area contributed by atoms with Gasteiger partial charge in [-0.15, -0.1) is 5.98 Å². The highest BCUT2D eigenvalue weighted by atomic mass is 79.9. The van der Waals surface area contributed by atoms with Crippen LogP contribution in [-0.2, 0) is 14.3 Å². The number of hydrogen-bond donors (Lipinski definition) is 1. The molecule has 2 aliphatic rings. The highest BCUT2D eigenvalue weighted by molar-refractivity contribution is 9.10. The second-order valence-electron chi connectivity index (χ2n) is 11.8. The predicted octanol–water partition coefficient (Wildman–Crippen LogP) is 9.30. The Kier molecular flexibility index (Phi) is 15.8. The maximum atomic E-state index is 11.8. The molecule has 0 bridgehead atoms. The van der Waals surface area contributed by atoms with E-state index in [1.54, 1.807) is 13.2 Å². The van der Waals surface area contributed by atoms with Crippen molar-refractivity contribution in [1.29, 1.82) is 0 Å². The van der Waals surface area contributed by atoms with Gasteiger partial charge >= 0.3 is 0 Å². The van der Waals surface area contributed by atoms with Crippen molar-refractivity contribution in [3.63, 3.8) is 0 Å². The van der Waals surface area contributed by atoms with Gasteiger partial charge in [-0.3, -0.25) is 9.59 Å². The first-order valence-corrected chi connectivity index (χ1v) is 16.9. The second-order valence-corrected chi connectivity index (χ2v) is 12.7. The maximum Gasteiger partial charge on any atom is 0.253 e. The highest BCUT2D eigenvalue weighted by Gasteiger charge is 2.23. The van der Waals surface area contributed by atoms with Crippen LogP contribution in [0.2, 0.25) is 0 Å². The molecule has 2 heterocycles. The van der Waals surface area contributed by atoms with Gasteiger partial charge in [-0.05, 0) is 116 Å². The van der Waals surface area contributed by atoms with E-state index < -0.39 is 0 Å². The summed E-state index contributed by atoms with van der Waals surface area (Å²) in [6.07, 6.45) is 6.64. The van der Waals surface area contributed by atoms with Gasteiger partial charge in [0, 0.05) is 23.0 Å². The first-order valence-electron chi connectivity index (χ1n) is 16.2. The number of phenolic OH excluding ortho intramolecular Hbond substituents is 1. The van der Waals surface area contributed by atoms with E-state index in [2.05, 4.69) is 26.1 Å². The number of hydrazone groups is 2. The van der Waals surface area contributed by atoms with E-state index in [0.29, 0.717) is 18.6 Å². The maximum absolute atomic E-state index is 11.8. The number of halogens is 1. The van der Waals surface area contributed by atoms with Gasteiger partial charge < -0.3 is 14.6 Å². The lowest BCUT2D eigenvalue weighted by Crippen LogP contribution is -2.19. The van der Waals surface area contributed by atoms with Crippen molar-refractivity contribution in [2.45, 2.75) is 48.0 Å². The zero-order valence-corrected chi connectivity index (χ0v) is 30.9. The topological polar surface area (TPSA) is 104 Å². The van der Waals surface area contributed by atoms with Crippen LogP contribution >= 0.6 is 15.9 Å². The van der Waals surface area contributed by atoms with E-state index in [1.807, 2.05) is 125 Å². The third-order valence-electron chi connectivity index (χ3n) is 7.55. The average Bonchev–Trinajstić information content (AvgIpc) is 3.64. The molecule has 4 aromatic carbocycles. The van der Waals surface area contributed by atoms with Gasteiger partial charge in [0.25, 0.3) is 11.8 Å². The van der Waals surface area contributed by atoms with Crippen molar-refractivity contribution in [2.24, 2.45) is 10.2 Å². The largest absolute Gasteiger partial charge is 0.508 e. The number of carbonyl (C=O) groups is 2. The molecule has 0 saturated carbocycles. The summed E-state index contributed by atoms with van der Waals surface area (Å²) in [5, 5.41) is 20.8. The number of nitrogens with zero attached hydrogens (tertiary/aromatic N) is 4. The molecule has 2 radical (unpaired) electrons. The van der Waals surface area contributed by atoms with Crippen LogP contribution in [0.15, 0.2) is 106 Å². The summed E-state index contributed by atoms with van der Waals surface area (Å²) in [5.41, 5.74) is 8.33. The standard InChI is InChI=1S/C19H18N2O2.C11H13BO2.C10H9BrN2O.CH4/c1-13-11-16(7-10-18(13)22)4-3-15-5-8-17(9-6-15)21-19(23)12-14(2)20-21;1-9-7-10(5-6-12)3-4-11(9)14-8-13-2;1-7-6-10(14)13(12-7)9-4-2-8(11)3-5-9;/h3-11,22H,12H2,1-2H3;3-7H,8H2,1-2H3;2-5H,6H2,1H3;1H4/b4-3+;6-5+;;. The van der Waals surface area contributed by atoms with E-state index >= 15 is 0 Å². The quantitative estimate of drug-likeness (QED) is 0.110. The van der Waals surface area contributed by atoms with Gasteiger partial charge in [-0.1, -0.05) is 65.9 Å². The summed E-state index contributed by atoms with van der Waals surface area (Å²) >= 11 is 3.34. The summed E-state index contributed by atoms with van der Waals surface area (Å²) in [6, 6.07) is 26.6. The van der Waals surface area contributed by atoms with Gasteiger partial charge in [-0.2, -0.15) is 10.2 Å². The number of methoxy groups -OCH3 is 1. The number of hydrogen-bond acceptors (Lipinski definition) is 7. The van der Waals surface area contributed by atoms with Crippen LogP contribution < -0.4 is 14.8 Å². The number of aryl methyl sites for hydroxylation is 2. The Labute approximate surface area is 316 Å². The van der Waals surface area contributed by atoms with Gasteiger partial charge in [-0.25, -0.2) is 10.0 Å². The number of carbonyl (C=O) groups excluding carboxylic acids is 2. The Morgan fingerprint density at radius 2 is 1.21 bits per heavy atom. The molecule has 0 aromatic heterocycles. The molecule has 0 fully saturated rings. The van der Waals surface area contributed by atoms with Crippen LogP contribution in [-0.4, -0.2) is 50.1 Å². The smallest absolute Gasteiger partial charge is 0.253 e. The Morgan fingerprint density at radius 1 is 0.731 bits per heavy atom. The van der Waals surface area contributed by atoms with Gasteiger partial charge in [0.1, 0.15) is 19.3 Å². The van der Waals surface area contributed by atoms with Crippen molar-refractivity contribution in [3.05, 3.63) is 123 Å². The lowest BCUT2D eigenvalue weighted by atomic mass is 10.1. The molecule has 2 amide bonds. The van der Waals surface area contributed by atoms with Crippen molar-refractivity contribution >= 4 is 76.6 Å². The van der Waals surface area contributed by atoms with Crippen molar-refractivity contribution in [2.75, 3.05) is 23.9 Å². The first-order chi connectivity index (χ1) is 24.5.